The van der Waals surface area contributed by atoms with Crippen LogP contribution in [-0.2, 0) is 31.4 Å². The predicted octanol–water partition coefficient (Wildman–Crippen LogP) is 5.66. The van der Waals surface area contributed by atoms with Crippen molar-refractivity contribution < 1.29 is 28.0 Å². The number of rotatable bonds is 10. The number of alkyl carbamates (subject to hydrolysis) is 1. The number of carbonyl (C=O) groups excluding carboxylic acids is 3. The van der Waals surface area contributed by atoms with Crippen LogP contribution in [0.3, 0.4) is 0 Å². The number of Topliss-reactive ketones (excluding diaryl/α,β-unsaturated/α-hetero) is 1. The van der Waals surface area contributed by atoms with E-state index < -0.39 is 11.7 Å². The number of benzene rings is 2. The highest BCUT2D eigenvalue weighted by Gasteiger charge is 2.32. The molecule has 1 saturated heterocycles. The van der Waals surface area contributed by atoms with Gasteiger partial charge in [-0.2, -0.15) is 4.18 Å². The van der Waals surface area contributed by atoms with Crippen molar-refractivity contribution in [2.24, 2.45) is 0 Å². The largest absolute Gasteiger partial charge is 0.486 e. The number of hydrogen-bond donors (Lipinski definition) is 1. The van der Waals surface area contributed by atoms with Crippen molar-refractivity contribution in [1.29, 1.82) is 0 Å². The molecule has 0 spiro atoms. The number of hydrogen-bond acceptors (Lipinski definition) is 6. The molecule has 1 aliphatic rings. The lowest BCUT2D eigenvalue weighted by molar-refractivity contribution is -0.122. The van der Waals surface area contributed by atoms with E-state index in [1.165, 1.54) is 5.56 Å². The summed E-state index contributed by atoms with van der Waals surface area (Å²) in [6, 6.07) is 15.2. The lowest BCUT2D eigenvalue weighted by atomic mass is 9.88. The second-order valence-corrected chi connectivity index (χ2v) is 14.7. The van der Waals surface area contributed by atoms with E-state index in [0.29, 0.717) is 36.9 Å². The summed E-state index contributed by atoms with van der Waals surface area (Å²) in [7, 11) is 0. The van der Waals surface area contributed by atoms with Crippen LogP contribution in [0, 0.1) is 0 Å². The Morgan fingerprint density at radius 2 is 1.63 bits per heavy atom. The van der Waals surface area contributed by atoms with Gasteiger partial charge < -0.3 is 19.7 Å². The monoisotopic (exact) mass is 585 g/mol. The van der Waals surface area contributed by atoms with Crippen LogP contribution >= 0.6 is 0 Å². The van der Waals surface area contributed by atoms with Crippen molar-refractivity contribution in [2.45, 2.75) is 77.2 Å². The zero-order valence-corrected chi connectivity index (χ0v) is 26.3. The van der Waals surface area contributed by atoms with Crippen LogP contribution < -0.4 is 10.1 Å². The number of likely N-dealkylation sites (tertiary alicyclic amines) is 1. The van der Waals surface area contributed by atoms with E-state index in [1.54, 1.807) is 24.3 Å². The summed E-state index contributed by atoms with van der Waals surface area (Å²) in [5, 5.41) is 2.81. The Balaban J connectivity index is 1.48. The van der Waals surface area contributed by atoms with Gasteiger partial charge in [-0.05, 0) is 89.6 Å². The Morgan fingerprint density at radius 1 is 0.951 bits per heavy atom. The third-order valence-electron chi connectivity index (χ3n) is 6.78. The Morgan fingerprint density at radius 3 is 2.29 bits per heavy atom. The molecule has 1 N–H and O–H groups in total. The van der Waals surface area contributed by atoms with Crippen molar-refractivity contribution >= 4 is 29.0 Å². The van der Waals surface area contributed by atoms with E-state index in [4.69, 9.17) is 13.7 Å². The van der Waals surface area contributed by atoms with Gasteiger partial charge in [0.2, 0.25) is 5.78 Å². The number of amides is 2. The highest BCUT2D eigenvalue weighted by molar-refractivity contribution is 7.93. The SMILES string of the molecule is C[S+](OCC(=O)COc1cccc(C(=O)N2CCC(c3cccc(CNC(=O)OC(C)(C)C)c3)CC2)c1)C(C)(C)C. The average Bonchev–Trinajstić information content (AvgIpc) is 2.92. The van der Waals surface area contributed by atoms with Crippen LogP contribution in [0.15, 0.2) is 48.5 Å². The fourth-order valence-corrected chi connectivity index (χ4v) is 4.96. The number of ether oxygens (including phenoxy) is 2. The van der Waals surface area contributed by atoms with E-state index >= 15 is 0 Å². The second kappa shape index (κ2) is 14.2. The molecule has 2 aromatic rings. The molecule has 1 fully saturated rings. The highest BCUT2D eigenvalue weighted by Crippen LogP contribution is 2.29. The van der Waals surface area contributed by atoms with Gasteiger partial charge in [-0.1, -0.05) is 30.3 Å². The van der Waals surface area contributed by atoms with E-state index in [2.05, 4.69) is 38.2 Å². The molecule has 2 amide bonds. The van der Waals surface area contributed by atoms with Crippen LogP contribution in [0.2, 0.25) is 0 Å². The maximum Gasteiger partial charge on any atom is 0.407 e. The number of ketones is 1. The number of nitrogens with one attached hydrogen (secondary N) is 1. The Hall–Kier alpha value is -3.04. The average molecular weight is 586 g/mol. The number of nitrogens with zero attached hydrogens (tertiary/aromatic N) is 1. The molecule has 9 heteroatoms. The quantitative estimate of drug-likeness (QED) is 0.362. The van der Waals surface area contributed by atoms with E-state index in [0.717, 1.165) is 18.4 Å². The van der Waals surface area contributed by atoms with Crippen LogP contribution in [0.25, 0.3) is 0 Å². The Bertz CT molecular complexity index is 1200. The minimum Gasteiger partial charge on any atom is -0.486 e. The molecule has 0 radical (unpaired) electrons. The summed E-state index contributed by atoms with van der Waals surface area (Å²) >= 11 is -0.338. The minimum atomic E-state index is -0.537. The van der Waals surface area contributed by atoms with Gasteiger partial charge in [0.05, 0.1) is 0 Å². The molecular weight excluding hydrogens is 540 g/mol. The second-order valence-electron chi connectivity index (χ2n) is 12.4. The van der Waals surface area contributed by atoms with Gasteiger partial charge in [-0.3, -0.25) is 9.59 Å². The third kappa shape index (κ3) is 10.7. The first-order valence-corrected chi connectivity index (χ1v) is 15.7. The molecule has 0 saturated carbocycles. The highest BCUT2D eigenvalue weighted by atomic mass is 32.2. The van der Waals surface area contributed by atoms with Gasteiger partial charge in [0.1, 0.15) is 35.4 Å². The van der Waals surface area contributed by atoms with Crippen LogP contribution in [0.4, 0.5) is 4.79 Å². The van der Waals surface area contributed by atoms with Crippen molar-refractivity contribution in [3.8, 4) is 5.75 Å². The van der Waals surface area contributed by atoms with Crippen LogP contribution in [-0.4, -0.2) is 65.6 Å². The van der Waals surface area contributed by atoms with Crippen molar-refractivity contribution in [2.75, 3.05) is 32.6 Å². The number of piperidine rings is 1. The first-order chi connectivity index (χ1) is 19.2. The van der Waals surface area contributed by atoms with Crippen LogP contribution in [0.5, 0.6) is 5.75 Å². The lowest BCUT2D eigenvalue weighted by Gasteiger charge is -2.32. The summed E-state index contributed by atoms with van der Waals surface area (Å²) in [4.78, 5) is 39.4. The molecule has 3 rings (SSSR count). The van der Waals surface area contributed by atoms with E-state index in [1.807, 2.05) is 44.1 Å². The zero-order chi connectivity index (χ0) is 30.2. The summed E-state index contributed by atoms with van der Waals surface area (Å²) in [6.45, 7) is 13.4. The zero-order valence-electron chi connectivity index (χ0n) is 25.5. The summed E-state index contributed by atoms with van der Waals surface area (Å²) < 4.78 is 16.7. The van der Waals surface area contributed by atoms with E-state index in [-0.39, 0.29) is 40.8 Å². The lowest BCUT2D eigenvalue weighted by Crippen LogP contribution is -2.38. The maximum atomic E-state index is 13.2. The van der Waals surface area contributed by atoms with Gasteiger partial charge >= 0.3 is 6.09 Å². The van der Waals surface area contributed by atoms with Crippen molar-refractivity contribution in [3.63, 3.8) is 0 Å². The molecule has 224 valence electrons. The molecule has 1 aliphatic heterocycles. The van der Waals surface area contributed by atoms with Crippen molar-refractivity contribution in [3.05, 3.63) is 65.2 Å². The molecule has 1 atom stereocenters. The van der Waals surface area contributed by atoms with E-state index in [9.17, 15) is 14.4 Å². The minimum absolute atomic E-state index is 0.00755. The first-order valence-electron chi connectivity index (χ1n) is 14.1. The molecule has 0 aromatic heterocycles. The predicted molar refractivity (Wildman–Crippen MR) is 163 cm³/mol. The topological polar surface area (TPSA) is 94.2 Å². The fraction of sp³-hybridized carbons (Fsp3) is 0.531. The molecule has 41 heavy (non-hydrogen) atoms. The molecule has 1 unspecified atom stereocenters. The van der Waals surface area contributed by atoms with Crippen LogP contribution in [0.1, 0.15) is 81.8 Å². The summed E-state index contributed by atoms with van der Waals surface area (Å²) in [6.07, 6.45) is 3.26. The van der Waals surface area contributed by atoms with Crippen molar-refractivity contribution in [1.82, 2.24) is 10.2 Å². The number of carbonyl (C=O) groups is 3. The third-order valence-corrected chi connectivity index (χ3v) is 8.98. The maximum absolute atomic E-state index is 13.2. The van der Waals surface area contributed by atoms with Gasteiger partial charge in [0.15, 0.2) is 11.4 Å². The Kier molecular flexibility index (Phi) is 11.3. The molecule has 8 nitrogen and oxygen atoms in total. The summed E-state index contributed by atoms with van der Waals surface area (Å²) in [5.41, 5.74) is 2.23. The normalized spacial score (nSPS) is 15.2. The van der Waals surface area contributed by atoms with Gasteiger partial charge in [0.25, 0.3) is 5.91 Å². The van der Waals surface area contributed by atoms with Gasteiger partial charge in [-0.25, -0.2) is 4.79 Å². The first kappa shape index (κ1) is 32.5. The van der Waals surface area contributed by atoms with Gasteiger partial charge in [-0.15, -0.1) is 0 Å². The molecule has 0 bridgehead atoms. The smallest absolute Gasteiger partial charge is 0.407 e. The molecule has 2 aromatic carbocycles. The van der Waals surface area contributed by atoms with Gasteiger partial charge in [0, 0.05) is 25.2 Å². The summed E-state index contributed by atoms with van der Waals surface area (Å²) in [5.74, 6) is 0.642. The standard InChI is InChI=1S/C32H44N2O6S/c1-31(2,3)40-30(37)33-20-23-10-8-11-25(18-23)24-14-16-34(17-15-24)29(36)26-12-9-13-28(19-26)38-21-27(35)22-39-41(7)32(4,5)6/h8-13,18-19,24H,14-17,20-22H2,1-7H3/p+1. The fourth-order valence-electron chi connectivity index (χ4n) is 4.30. The molecule has 0 aliphatic carbocycles. The Labute approximate surface area is 247 Å². The molecular formula is C32H45N2O6S+. The molecule has 1 heterocycles.